The van der Waals surface area contributed by atoms with Gasteiger partial charge in [0.05, 0.1) is 25.6 Å². The van der Waals surface area contributed by atoms with Crippen molar-refractivity contribution in [3.05, 3.63) is 73.5 Å². The molecule has 152 valence electrons. The molecular weight excluding hydrogens is 406 g/mol. The topological polar surface area (TPSA) is 114 Å². The van der Waals surface area contributed by atoms with Crippen LogP contribution in [-0.4, -0.2) is 23.6 Å². The van der Waals surface area contributed by atoms with Crippen LogP contribution in [0.5, 0.6) is 0 Å². The van der Waals surface area contributed by atoms with E-state index in [-0.39, 0.29) is 21.3 Å². The lowest BCUT2D eigenvalue weighted by Gasteiger charge is -2.05. The Kier molecular flexibility index (Phi) is 6.29. The van der Waals surface area contributed by atoms with Crippen LogP contribution in [0, 0.1) is 18.3 Å². The van der Waals surface area contributed by atoms with E-state index in [4.69, 9.17) is 4.42 Å². The smallest absolute Gasteiger partial charge is 0.332 e. The van der Waals surface area contributed by atoms with E-state index in [0.29, 0.717) is 11.4 Å². The molecule has 2 heterocycles. The average molecular weight is 423 g/mol. The Morgan fingerprint density at radius 2 is 2.03 bits per heavy atom. The van der Waals surface area contributed by atoms with Crippen molar-refractivity contribution in [3.8, 4) is 11.8 Å². The maximum absolute atomic E-state index is 13.0. The number of thiazole rings is 1. The Morgan fingerprint density at radius 3 is 2.63 bits per heavy atom. The molecular formula is C21H17N3O5S. The Morgan fingerprint density at radius 1 is 1.30 bits per heavy atom. The number of rotatable bonds is 5. The summed E-state index contributed by atoms with van der Waals surface area (Å²) in [7, 11) is 1.20. The minimum atomic E-state index is -0.711. The molecule has 0 saturated carbocycles. The summed E-state index contributed by atoms with van der Waals surface area (Å²) in [5, 5.41) is 12.3. The van der Waals surface area contributed by atoms with Crippen LogP contribution < -0.4 is 20.1 Å². The summed E-state index contributed by atoms with van der Waals surface area (Å²) < 4.78 is 11.2. The van der Waals surface area contributed by atoms with Gasteiger partial charge in [0.25, 0.3) is 11.5 Å². The van der Waals surface area contributed by atoms with Gasteiger partial charge >= 0.3 is 5.97 Å². The van der Waals surface area contributed by atoms with Crippen molar-refractivity contribution in [2.24, 2.45) is 0 Å². The standard InChI is InChI=1S/C21H17N3O5S/c1-13-5-7-14(8-6-13)24-20(27)17(10-18(25)28-2)30-21(24)16(11-22)19(26)23-12-15-4-3-9-29-15/h3-10H,12H2,1-2H3,(H,23,26)/b17-10?,21-16-. The number of hydrogen-bond donors (Lipinski definition) is 1. The van der Waals surface area contributed by atoms with Crippen molar-refractivity contribution in [2.45, 2.75) is 13.5 Å². The first-order valence-corrected chi connectivity index (χ1v) is 9.59. The number of methoxy groups -OCH3 is 1. The molecule has 8 nitrogen and oxygen atoms in total. The van der Waals surface area contributed by atoms with Crippen LogP contribution in [0.15, 0.2) is 51.9 Å². The summed E-state index contributed by atoms with van der Waals surface area (Å²) in [5.41, 5.74) is 0.656. The molecule has 3 rings (SSSR count). The summed E-state index contributed by atoms with van der Waals surface area (Å²) in [6.45, 7) is 1.98. The van der Waals surface area contributed by atoms with Gasteiger partial charge in [0.15, 0.2) is 5.57 Å². The monoisotopic (exact) mass is 423 g/mol. The molecule has 1 amide bonds. The SMILES string of the molecule is COC(=O)C=c1s/c(=C(/C#N)C(=O)NCc2ccco2)n(-c2ccc(C)cc2)c1=O. The lowest BCUT2D eigenvalue weighted by atomic mass is 10.2. The molecule has 1 aromatic carbocycles. The number of aryl methyl sites for hydroxylation is 1. The van der Waals surface area contributed by atoms with E-state index in [9.17, 15) is 19.6 Å². The van der Waals surface area contributed by atoms with Crippen molar-refractivity contribution >= 4 is 34.9 Å². The largest absolute Gasteiger partial charge is 0.467 e. The van der Waals surface area contributed by atoms with Crippen molar-refractivity contribution in [3.63, 3.8) is 0 Å². The van der Waals surface area contributed by atoms with Crippen molar-refractivity contribution in [1.29, 1.82) is 5.26 Å². The summed E-state index contributed by atoms with van der Waals surface area (Å²) in [4.78, 5) is 37.3. The molecule has 3 aromatic rings. The van der Waals surface area contributed by atoms with Gasteiger partial charge in [-0.2, -0.15) is 5.26 Å². The lowest BCUT2D eigenvalue weighted by Crippen LogP contribution is -2.34. The third-order valence-electron chi connectivity index (χ3n) is 4.12. The Hall–Kier alpha value is -3.90. The number of nitrogens with zero attached hydrogens (tertiary/aromatic N) is 2. The molecule has 0 saturated heterocycles. The highest BCUT2D eigenvalue weighted by atomic mass is 32.1. The number of benzene rings is 1. The first-order valence-electron chi connectivity index (χ1n) is 8.78. The van der Waals surface area contributed by atoms with Gasteiger partial charge < -0.3 is 14.5 Å². The van der Waals surface area contributed by atoms with E-state index in [1.807, 2.05) is 13.0 Å². The molecule has 0 aliphatic rings. The number of furan rings is 1. The van der Waals surface area contributed by atoms with Gasteiger partial charge in [-0.05, 0) is 31.2 Å². The zero-order valence-electron chi connectivity index (χ0n) is 16.2. The summed E-state index contributed by atoms with van der Waals surface area (Å²) in [6, 6.07) is 12.2. The average Bonchev–Trinajstić information content (AvgIpc) is 3.36. The van der Waals surface area contributed by atoms with Crippen molar-refractivity contribution in [2.75, 3.05) is 7.11 Å². The number of amides is 1. The second kappa shape index (κ2) is 9.07. The Balaban J connectivity index is 2.20. The fourth-order valence-electron chi connectivity index (χ4n) is 2.61. The first-order chi connectivity index (χ1) is 14.4. The van der Waals surface area contributed by atoms with Crippen LogP contribution >= 0.6 is 11.3 Å². The summed E-state index contributed by atoms with van der Waals surface area (Å²) in [6.07, 6.45) is 2.51. The third-order valence-corrected chi connectivity index (χ3v) is 5.21. The van der Waals surface area contributed by atoms with Gasteiger partial charge in [0, 0.05) is 6.08 Å². The normalized spacial score (nSPS) is 12.2. The van der Waals surface area contributed by atoms with Gasteiger partial charge in [-0.1, -0.05) is 17.7 Å². The fourth-order valence-corrected chi connectivity index (χ4v) is 3.67. The highest BCUT2D eigenvalue weighted by Crippen LogP contribution is 2.07. The van der Waals surface area contributed by atoms with Gasteiger partial charge in [0.2, 0.25) is 0 Å². The molecule has 0 aliphatic carbocycles. The number of esters is 1. The Bertz CT molecular complexity index is 1290. The number of carbonyl (C=O) groups excluding carboxylic acids is 2. The highest BCUT2D eigenvalue weighted by molar-refractivity contribution is 7.07. The Labute approximate surface area is 174 Å². The van der Waals surface area contributed by atoms with E-state index >= 15 is 0 Å². The van der Waals surface area contributed by atoms with Crippen LogP contribution in [0.3, 0.4) is 0 Å². The fraction of sp³-hybridized carbons (Fsp3) is 0.143. The van der Waals surface area contributed by atoms with Crippen molar-refractivity contribution in [1.82, 2.24) is 9.88 Å². The first kappa shape index (κ1) is 20.8. The molecule has 0 aliphatic heterocycles. The molecule has 0 spiro atoms. The molecule has 1 N–H and O–H groups in total. The highest BCUT2D eigenvalue weighted by Gasteiger charge is 2.17. The number of hydrogen-bond acceptors (Lipinski definition) is 7. The molecule has 0 atom stereocenters. The predicted molar refractivity (Wildman–Crippen MR) is 110 cm³/mol. The van der Waals surface area contributed by atoms with Crippen LogP contribution in [0.1, 0.15) is 11.3 Å². The number of carbonyl (C=O) groups is 2. The van der Waals surface area contributed by atoms with Crippen LogP contribution in [0.25, 0.3) is 17.3 Å². The van der Waals surface area contributed by atoms with Gasteiger partial charge in [-0.3, -0.25) is 14.2 Å². The number of ether oxygens (including phenoxy) is 1. The zero-order valence-corrected chi connectivity index (χ0v) is 17.0. The van der Waals surface area contributed by atoms with E-state index in [0.717, 1.165) is 23.0 Å². The maximum Gasteiger partial charge on any atom is 0.332 e. The van der Waals surface area contributed by atoms with E-state index in [2.05, 4.69) is 10.1 Å². The van der Waals surface area contributed by atoms with Gasteiger partial charge in [0.1, 0.15) is 21.0 Å². The van der Waals surface area contributed by atoms with Gasteiger partial charge in [-0.25, -0.2) is 4.79 Å². The molecule has 0 bridgehead atoms. The zero-order chi connectivity index (χ0) is 21.7. The van der Waals surface area contributed by atoms with Crippen molar-refractivity contribution < 1.29 is 18.7 Å². The summed E-state index contributed by atoms with van der Waals surface area (Å²) >= 11 is 0.863. The summed E-state index contributed by atoms with van der Waals surface area (Å²) in [5.74, 6) is -0.861. The molecule has 0 radical (unpaired) electrons. The number of aromatic nitrogens is 1. The molecule has 0 fully saturated rings. The van der Waals surface area contributed by atoms with Crippen LogP contribution in [-0.2, 0) is 20.9 Å². The molecule has 2 aromatic heterocycles. The number of nitriles is 1. The maximum atomic E-state index is 13.0. The quantitative estimate of drug-likeness (QED) is 0.606. The lowest BCUT2D eigenvalue weighted by molar-refractivity contribution is -0.133. The second-order valence-electron chi connectivity index (χ2n) is 6.16. The minimum absolute atomic E-state index is 0.0454. The minimum Gasteiger partial charge on any atom is -0.467 e. The van der Waals surface area contributed by atoms with E-state index < -0.39 is 17.4 Å². The third kappa shape index (κ3) is 4.39. The van der Waals surface area contributed by atoms with Crippen LogP contribution in [0.4, 0.5) is 0 Å². The van der Waals surface area contributed by atoms with E-state index in [1.54, 1.807) is 36.4 Å². The van der Waals surface area contributed by atoms with E-state index in [1.165, 1.54) is 17.9 Å². The molecule has 0 unspecified atom stereocenters. The predicted octanol–water partition coefficient (Wildman–Crippen LogP) is 0.745. The van der Waals surface area contributed by atoms with Crippen LogP contribution in [0.2, 0.25) is 0 Å². The molecule has 9 heteroatoms. The second-order valence-corrected chi connectivity index (χ2v) is 7.19. The number of nitrogens with one attached hydrogen (secondary N) is 1. The van der Waals surface area contributed by atoms with Gasteiger partial charge in [-0.15, -0.1) is 11.3 Å². The molecule has 30 heavy (non-hydrogen) atoms.